The Balaban J connectivity index is 2.19. The maximum Gasteiger partial charge on any atom is 0.410 e. The van der Waals surface area contributed by atoms with Gasteiger partial charge in [-0.15, -0.1) is 0 Å². The van der Waals surface area contributed by atoms with Crippen LogP contribution < -0.4 is 5.32 Å². The molecular formula is C15H30N2O3. The van der Waals surface area contributed by atoms with E-state index in [9.17, 15) is 4.79 Å². The number of likely N-dealkylation sites (N-methyl/N-ethyl adjacent to an activating group) is 1. The first kappa shape index (κ1) is 17.2. The second kappa shape index (κ2) is 7.84. The van der Waals surface area contributed by atoms with Crippen LogP contribution in [-0.2, 0) is 9.47 Å². The van der Waals surface area contributed by atoms with E-state index in [0.717, 1.165) is 25.9 Å². The van der Waals surface area contributed by atoms with Gasteiger partial charge in [-0.3, -0.25) is 0 Å². The Bertz CT molecular complexity index is 302. The Labute approximate surface area is 123 Å². The van der Waals surface area contributed by atoms with Crippen molar-refractivity contribution in [1.29, 1.82) is 0 Å². The van der Waals surface area contributed by atoms with Crippen molar-refractivity contribution in [3.8, 4) is 0 Å². The fraction of sp³-hybridized carbons (Fsp3) is 0.933. The molecule has 0 bridgehead atoms. The van der Waals surface area contributed by atoms with E-state index in [4.69, 9.17) is 9.47 Å². The topological polar surface area (TPSA) is 50.8 Å². The molecule has 0 aliphatic carbocycles. The number of hydrogen-bond acceptors (Lipinski definition) is 4. The van der Waals surface area contributed by atoms with E-state index in [-0.39, 0.29) is 6.09 Å². The standard InChI is InChI=1S/C15H30N2O3/c1-6-17(14(18)20-15(3,4)5)10-9-16-11-13-8-7-12(2)19-13/h12-13,16H,6-11H2,1-5H3. The molecule has 20 heavy (non-hydrogen) atoms. The van der Waals surface area contributed by atoms with Gasteiger partial charge in [0.05, 0.1) is 12.2 Å². The molecular weight excluding hydrogens is 256 g/mol. The molecule has 0 aromatic rings. The van der Waals surface area contributed by atoms with Crippen LogP contribution >= 0.6 is 0 Å². The molecule has 1 rings (SSSR count). The molecule has 0 spiro atoms. The zero-order valence-electron chi connectivity index (χ0n) is 13.6. The summed E-state index contributed by atoms with van der Waals surface area (Å²) >= 11 is 0. The number of amides is 1. The van der Waals surface area contributed by atoms with E-state index in [2.05, 4.69) is 12.2 Å². The maximum atomic E-state index is 11.9. The van der Waals surface area contributed by atoms with Crippen LogP contribution in [0.3, 0.4) is 0 Å². The predicted octanol–water partition coefficient (Wildman–Crippen LogP) is 2.40. The quantitative estimate of drug-likeness (QED) is 0.762. The van der Waals surface area contributed by atoms with Crippen molar-refractivity contribution in [3.63, 3.8) is 0 Å². The van der Waals surface area contributed by atoms with Crippen molar-refractivity contribution in [2.75, 3.05) is 26.2 Å². The summed E-state index contributed by atoms with van der Waals surface area (Å²) in [6, 6.07) is 0. The van der Waals surface area contributed by atoms with Crippen molar-refractivity contribution in [3.05, 3.63) is 0 Å². The average molecular weight is 286 g/mol. The van der Waals surface area contributed by atoms with Crippen LogP contribution in [0.25, 0.3) is 0 Å². The van der Waals surface area contributed by atoms with E-state index >= 15 is 0 Å². The molecule has 2 atom stereocenters. The minimum Gasteiger partial charge on any atom is -0.444 e. The summed E-state index contributed by atoms with van der Waals surface area (Å²) in [7, 11) is 0. The van der Waals surface area contributed by atoms with E-state index in [1.807, 2.05) is 27.7 Å². The van der Waals surface area contributed by atoms with Crippen LogP contribution in [0.5, 0.6) is 0 Å². The van der Waals surface area contributed by atoms with Gasteiger partial charge in [0.25, 0.3) is 0 Å². The first-order valence-corrected chi connectivity index (χ1v) is 7.66. The monoisotopic (exact) mass is 286 g/mol. The molecule has 1 aliphatic heterocycles. The van der Waals surface area contributed by atoms with Gasteiger partial charge in [0.1, 0.15) is 5.60 Å². The molecule has 1 aliphatic rings. The number of nitrogens with zero attached hydrogens (tertiary/aromatic N) is 1. The molecule has 1 fully saturated rings. The highest BCUT2D eigenvalue weighted by molar-refractivity contribution is 5.68. The minimum atomic E-state index is -0.439. The van der Waals surface area contributed by atoms with Crippen LogP contribution in [0, 0.1) is 0 Å². The van der Waals surface area contributed by atoms with Crippen molar-refractivity contribution >= 4 is 6.09 Å². The Hall–Kier alpha value is -0.810. The molecule has 2 unspecified atom stereocenters. The summed E-state index contributed by atoms with van der Waals surface area (Å²) in [6.45, 7) is 12.7. The lowest BCUT2D eigenvalue weighted by Crippen LogP contribution is -2.41. The molecule has 0 saturated carbocycles. The number of carbonyl (C=O) groups excluding carboxylic acids is 1. The molecule has 1 amide bonds. The highest BCUT2D eigenvalue weighted by atomic mass is 16.6. The van der Waals surface area contributed by atoms with Gasteiger partial charge in [0.2, 0.25) is 0 Å². The number of hydrogen-bond donors (Lipinski definition) is 1. The molecule has 5 nitrogen and oxygen atoms in total. The summed E-state index contributed by atoms with van der Waals surface area (Å²) in [4.78, 5) is 13.7. The number of ether oxygens (including phenoxy) is 2. The van der Waals surface area contributed by atoms with Gasteiger partial charge in [-0.05, 0) is 47.5 Å². The fourth-order valence-corrected chi connectivity index (χ4v) is 2.22. The molecule has 0 radical (unpaired) electrons. The third-order valence-electron chi connectivity index (χ3n) is 3.28. The van der Waals surface area contributed by atoms with Crippen LogP contribution in [0.2, 0.25) is 0 Å². The average Bonchev–Trinajstić information content (AvgIpc) is 2.72. The van der Waals surface area contributed by atoms with Crippen molar-refractivity contribution in [2.24, 2.45) is 0 Å². The van der Waals surface area contributed by atoms with Gasteiger partial charge >= 0.3 is 6.09 Å². The molecule has 118 valence electrons. The predicted molar refractivity (Wildman–Crippen MR) is 79.9 cm³/mol. The van der Waals surface area contributed by atoms with Crippen molar-refractivity contribution in [2.45, 2.75) is 65.3 Å². The van der Waals surface area contributed by atoms with Crippen LogP contribution in [0.4, 0.5) is 4.79 Å². The van der Waals surface area contributed by atoms with Gasteiger partial charge < -0.3 is 19.7 Å². The summed E-state index contributed by atoms with van der Waals surface area (Å²) < 4.78 is 11.1. The van der Waals surface area contributed by atoms with Crippen molar-refractivity contribution in [1.82, 2.24) is 10.2 Å². The summed E-state index contributed by atoms with van der Waals surface area (Å²) in [6.07, 6.45) is 2.73. The van der Waals surface area contributed by atoms with Gasteiger partial charge in [-0.1, -0.05) is 0 Å². The van der Waals surface area contributed by atoms with Gasteiger partial charge in [0, 0.05) is 26.2 Å². The second-order valence-electron chi connectivity index (χ2n) is 6.41. The summed E-state index contributed by atoms with van der Waals surface area (Å²) in [5, 5.41) is 3.36. The number of nitrogens with one attached hydrogen (secondary N) is 1. The summed E-state index contributed by atoms with van der Waals surface area (Å²) in [5.74, 6) is 0. The smallest absolute Gasteiger partial charge is 0.410 e. The third kappa shape index (κ3) is 6.57. The first-order valence-electron chi connectivity index (χ1n) is 7.66. The van der Waals surface area contributed by atoms with Gasteiger partial charge in [-0.25, -0.2) is 4.79 Å². The Kier molecular flexibility index (Phi) is 6.76. The highest BCUT2D eigenvalue weighted by Crippen LogP contribution is 2.18. The fourth-order valence-electron chi connectivity index (χ4n) is 2.22. The Morgan fingerprint density at radius 3 is 2.60 bits per heavy atom. The lowest BCUT2D eigenvalue weighted by molar-refractivity contribution is 0.0258. The number of carbonyl (C=O) groups is 1. The summed E-state index contributed by atoms with van der Waals surface area (Å²) in [5.41, 5.74) is -0.439. The maximum absolute atomic E-state index is 11.9. The highest BCUT2D eigenvalue weighted by Gasteiger charge is 2.22. The third-order valence-corrected chi connectivity index (χ3v) is 3.28. The molecule has 1 N–H and O–H groups in total. The lowest BCUT2D eigenvalue weighted by Gasteiger charge is -2.26. The second-order valence-corrected chi connectivity index (χ2v) is 6.41. The first-order chi connectivity index (χ1) is 9.31. The largest absolute Gasteiger partial charge is 0.444 e. The van der Waals surface area contributed by atoms with E-state index in [0.29, 0.717) is 25.3 Å². The molecule has 0 aromatic heterocycles. The lowest BCUT2D eigenvalue weighted by atomic mass is 10.2. The van der Waals surface area contributed by atoms with E-state index in [1.54, 1.807) is 4.90 Å². The van der Waals surface area contributed by atoms with Crippen molar-refractivity contribution < 1.29 is 14.3 Å². The Morgan fingerprint density at radius 2 is 2.10 bits per heavy atom. The van der Waals surface area contributed by atoms with Crippen LogP contribution in [0.1, 0.15) is 47.5 Å². The molecule has 1 saturated heterocycles. The SMILES string of the molecule is CCN(CCNCC1CCC(C)O1)C(=O)OC(C)(C)C. The molecule has 1 heterocycles. The zero-order valence-corrected chi connectivity index (χ0v) is 13.6. The molecule has 0 aromatic carbocycles. The van der Waals surface area contributed by atoms with Crippen LogP contribution in [0.15, 0.2) is 0 Å². The number of rotatable bonds is 6. The normalized spacial score (nSPS) is 22.9. The van der Waals surface area contributed by atoms with E-state index < -0.39 is 5.60 Å². The molecule has 5 heteroatoms. The van der Waals surface area contributed by atoms with E-state index in [1.165, 1.54) is 0 Å². The Morgan fingerprint density at radius 1 is 1.40 bits per heavy atom. The minimum absolute atomic E-state index is 0.243. The van der Waals surface area contributed by atoms with Gasteiger partial charge in [-0.2, -0.15) is 0 Å². The zero-order chi connectivity index (χ0) is 15.2. The van der Waals surface area contributed by atoms with Crippen LogP contribution in [-0.4, -0.2) is 55.0 Å². The van der Waals surface area contributed by atoms with Gasteiger partial charge in [0.15, 0.2) is 0 Å².